The molecule has 0 radical (unpaired) electrons. The van der Waals surface area contributed by atoms with Crippen molar-refractivity contribution in [3.8, 4) is 0 Å². The van der Waals surface area contributed by atoms with E-state index < -0.39 is 0 Å². The summed E-state index contributed by atoms with van der Waals surface area (Å²) in [6.45, 7) is 2.18. The van der Waals surface area contributed by atoms with Crippen molar-refractivity contribution in [2.75, 3.05) is 23.3 Å². The lowest BCUT2D eigenvalue weighted by atomic mass is 10.1. The number of pyridine rings is 1. The van der Waals surface area contributed by atoms with E-state index >= 15 is 0 Å². The normalized spacial score (nSPS) is 17.6. The average Bonchev–Trinajstić information content (AvgIpc) is 2.66. The van der Waals surface area contributed by atoms with E-state index in [0.717, 1.165) is 47.6 Å². The number of benzene rings is 1. The van der Waals surface area contributed by atoms with Crippen LogP contribution in [0.15, 0.2) is 48.8 Å². The van der Waals surface area contributed by atoms with Gasteiger partial charge in [-0.05, 0) is 31.0 Å². The molecule has 4 rings (SSSR count). The van der Waals surface area contributed by atoms with Gasteiger partial charge in [-0.2, -0.15) is 0 Å². The quantitative estimate of drug-likeness (QED) is 0.763. The number of nitrogens with one attached hydrogen (secondary N) is 1. The van der Waals surface area contributed by atoms with E-state index in [1.54, 1.807) is 12.4 Å². The number of aliphatic hydroxyl groups excluding tert-OH is 1. The third kappa shape index (κ3) is 3.53. The van der Waals surface area contributed by atoms with Gasteiger partial charge in [-0.3, -0.25) is 4.98 Å². The fraction of sp³-hybridized carbons (Fsp3) is 0.316. The molecular formula is C19H21N5O. The van der Waals surface area contributed by atoms with Crippen LogP contribution in [0.4, 0.5) is 11.6 Å². The SMILES string of the molecule is O[C@H]1CCCN(c2ncccc2CNc2cnc3ccccc3n2)C1. The van der Waals surface area contributed by atoms with Crippen LogP contribution in [0.1, 0.15) is 18.4 Å². The van der Waals surface area contributed by atoms with Gasteiger partial charge < -0.3 is 15.3 Å². The highest BCUT2D eigenvalue weighted by molar-refractivity contribution is 5.75. The summed E-state index contributed by atoms with van der Waals surface area (Å²) in [5.41, 5.74) is 2.85. The minimum Gasteiger partial charge on any atom is -0.391 e. The van der Waals surface area contributed by atoms with E-state index in [1.807, 2.05) is 30.3 Å². The maximum Gasteiger partial charge on any atom is 0.145 e. The van der Waals surface area contributed by atoms with Gasteiger partial charge in [0.05, 0.1) is 23.3 Å². The Hall–Kier alpha value is -2.73. The zero-order chi connectivity index (χ0) is 17.1. The molecule has 1 aliphatic rings. The maximum absolute atomic E-state index is 9.94. The molecule has 1 atom stereocenters. The lowest BCUT2D eigenvalue weighted by Gasteiger charge is -2.32. The van der Waals surface area contributed by atoms with E-state index in [4.69, 9.17) is 0 Å². The van der Waals surface area contributed by atoms with Gasteiger partial charge >= 0.3 is 0 Å². The first-order valence-electron chi connectivity index (χ1n) is 8.62. The lowest BCUT2D eigenvalue weighted by Crippen LogP contribution is -2.39. The molecule has 1 fully saturated rings. The number of anilines is 2. The van der Waals surface area contributed by atoms with Crippen molar-refractivity contribution in [3.63, 3.8) is 0 Å². The molecule has 0 aliphatic carbocycles. The zero-order valence-electron chi connectivity index (χ0n) is 14.0. The first-order valence-corrected chi connectivity index (χ1v) is 8.62. The number of para-hydroxylation sites is 2. The van der Waals surface area contributed by atoms with Gasteiger partial charge in [-0.25, -0.2) is 9.97 Å². The number of β-amino-alcohol motifs (C(OH)–C–C–N with tert-alkyl or cyclic N) is 1. The molecule has 0 saturated carbocycles. The smallest absolute Gasteiger partial charge is 0.145 e. The molecular weight excluding hydrogens is 314 g/mol. The number of aromatic nitrogens is 3. The number of aliphatic hydroxyl groups is 1. The molecule has 25 heavy (non-hydrogen) atoms. The Kier molecular flexibility index (Phi) is 4.43. The van der Waals surface area contributed by atoms with Crippen LogP contribution in [0.2, 0.25) is 0 Å². The predicted octanol–water partition coefficient (Wildman–Crippen LogP) is 2.60. The highest BCUT2D eigenvalue weighted by atomic mass is 16.3. The summed E-state index contributed by atoms with van der Waals surface area (Å²) in [5, 5.41) is 13.3. The van der Waals surface area contributed by atoms with Gasteiger partial charge in [-0.1, -0.05) is 18.2 Å². The Bertz CT molecular complexity index is 869. The summed E-state index contributed by atoms with van der Waals surface area (Å²) in [7, 11) is 0. The van der Waals surface area contributed by atoms with Crippen LogP contribution >= 0.6 is 0 Å². The molecule has 1 saturated heterocycles. The van der Waals surface area contributed by atoms with Gasteiger partial charge in [0, 0.05) is 31.4 Å². The zero-order valence-corrected chi connectivity index (χ0v) is 14.0. The van der Waals surface area contributed by atoms with Crippen LogP contribution in [-0.2, 0) is 6.54 Å². The van der Waals surface area contributed by atoms with Crippen LogP contribution in [0, 0.1) is 0 Å². The van der Waals surface area contributed by atoms with Gasteiger partial charge in [0.1, 0.15) is 11.6 Å². The monoisotopic (exact) mass is 335 g/mol. The molecule has 3 heterocycles. The molecule has 6 nitrogen and oxygen atoms in total. The number of fused-ring (bicyclic) bond motifs is 1. The molecule has 2 aromatic heterocycles. The highest BCUT2D eigenvalue weighted by Gasteiger charge is 2.20. The fourth-order valence-electron chi connectivity index (χ4n) is 3.23. The molecule has 3 aromatic rings. The van der Waals surface area contributed by atoms with Crippen molar-refractivity contribution >= 4 is 22.7 Å². The molecule has 2 N–H and O–H groups in total. The molecule has 0 bridgehead atoms. The van der Waals surface area contributed by atoms with E-state index in [0.29, 0.717) is 13.1 Å². The van der Waals surface area contributed by atoms with Gasteiger partial charge in [-0.15, -0.1) is 0 Å². The van der Waals surface area contributed by atoms with E-state index in [2.05, 4.69) is 31.2 Å². The summed E-state index contributed by atoms with van der Waals surface area (Å²) in [6.07, 6.45) is 5.13. The standard InChI is InChI=1S/C19H21N5O/c25-15-6-4-10-24(13-15)19-14(5-3-9-20-19)11-22-18-12-21-16-7-1-2-8-17(16)23-18/h1-3,5,7-9,12,15,25H,4,6,10-11,13H2,(H,22,23)/t15-/m0/s1. The van der Waals surface area contributed by atoms with Gasteiger partial charge in [0.2, 0.25) is 0 Å². The molecule has 0 unspecified atom stereocenters. The largest absolute Gasteiger partial charge is 0.391 e. The second kappa shape index (κ2) is 7.03. The second-order valence-electron chi connectivity index (χ2n) is 6.33. The maximum atomic E-state index is 9.94. The number of rotatable bonds is 4. The van der Waals surface area contributed by atoms with Crippen LogP contribution in [0.3, 0.4) is 0 Å². The summed E-state index contributed by atoms with van der Waals surface area (Å²) in [5.74, 6) is 1.68. The van der Waals surface area contributed by atoms with Crippen LogP contribution in [0.5, 0.6) is 0 Å². The first-order chi connectivity index (χ1) is 12.3. The Morgan fingerprint density at radius 1 is 1.12 bits per heavy atom. The Morgan fingerprint density at radius 3 is 2.88 bits per heavy atom. The Balaban J connectivity index is 1.52. The summed E-state index contributed by atoms with van der Waals surface area (Å²) in [4.78, 5) is 15.7. The van der Waals surface area contributed by atoms with Crippen molar-refractivity contribution in [3.05, 3.63) is 54.4 Å². The second-order valence-corrected chi connectivity index (χ2v) is 6.33. The molecule has 0 spiro atoms. The molecule has 128 valence electrons. The van der Waals surface area contributed by atoms with E-state index in [1.165, 1.54) is 0 Å². The number of piperidine rings is 1. The topological polar surface area (TPSA) is 74.2 Å². The summed E-state index contributed by atoms with van der Waals surface area (Å²) < 4.78 is 0. The number of nitrogens with zero attached hydrogens (tertiary/aromatic N) is 4. The molecule has 1 aromatic carbocycles. The van der Waals surface area contributed by atoms with Crippen molar-refractivity contribution in [1.82, 2.24) is 15.0 Å². The van der Waals surface area contributed by atoms with Crippen LogP contribution in [-0.4, -0.2) is 39.3 Å². The summed E-state index contributed by atoms with van der Waals surface area (Å²) >= 11 is 0. The third-order valence-electron chi connectivity index (χ3n) is 4.47. The van der Waals surface area contributed by atoms with Crippen molar-refractivity contribution in [1.29, 1.82) is 0 Å². The molecule has 1 aliphatic heterocycles. The van der Waals surface area contributed by atoms with Crippen molar-refractivity contribution < 1.29 is 5.11 Å². The minimum atomic E-state index is -0.275. The Labute approximate surface area is 146 Å². The minimum absolute atomic E-state index is 0.275. The predicted molar refractivity (Wildman–Crippen MR) is 98.6 cm³/mol. The van der Waals surface area contributed by atoms with E-state index in [-0.39, 0.29) is 6.10 Å². The third-order valence-corrected chi connectivity index (χ3v) is 4.47. The fourth-order valence-corrected chi connectivity index (χ4v) is 3.23. The molecule has 0 amide bonds. The number of hydrogen-bond acceptors (Lipinski definition) is 6. The number of hydrogen-bond donors (Lipinski definition) is 2. The lowest BCUT2D eigenvalue weighted by molar-refractivity contribution is 0.154. The highest BCUT2D eigenvalue weighted by Crippen LogP contribution is 2.22. The van der Waals surface area contributed by atoms with Crippen molar-refractivity contribution in [2.45, 2.75) is 25.5 Å². The average molecular weight is 335 g/mol. The van der Waals surface area contributed by atoms with Crippen LogP contribution < -0.4 is 10.2 Å². The summed E-state index contributed by atoms with van der Waals surface area (Å²) in [6, 6.07) is 11.8. The van der Waals surface area contributed by atoms with Gasteiger partial charge in [0.25, 0.3) is 0 Å². The van der Waals surface area contributed by atoms with Crippen LogP contribution in [0.25, 0.3) is 11.0 Å². The van der Waals surface area contributed by atoms with Gasteiger partial charge in [0.15, 0.2) is 0 Å². The van der Waals surface area contributed by atoms with Crippen molar-refractivity contribution in [2.24, 2.45) is 0 Å². The first kappa shape index (κ1) is 15.8. The Morgan fingerprint density at radius 2 is 2.00 bits per heavy atom. The van der Waals surface area contributed by atoms with E-state index in [9.17, 15) is 5.11 Å². The molecule has 6 heteroatoms.